The van der Waals surface area contributed by atoms with Crippen molar-refractivity contribution in [3.8, 4) is 0 Å². The molecule has 6 heteroatoms. The summed E-state index contributed by atoms with van der Waals surface area (Å²) in [5, 5.41) is 4.54. The minimum atomic E-state index is -0.428. The van der Waals surface area contributed by atoms with Gasteiger partial charge in [-0.2, -0.15) is 0 Å². The fourth-order valence-electron chi connectivity index (χ4n) is 2.91. The first-order valence-corrected chi connectivity index (χ1v) is 9.32. The third-order valence-corrected chi connectivity index (χ3v) is 4.62. The molecule has 0 saturated heterocycles. The van der Waals surface area contributed by atoms with E-state index in [4.69, 9.17) is 16.4 Å². The minimum absolute atomic E-state index is 0.160. The van der Waals surface area contributed by atoms with Crippen LogP contribution in [0.1, 0.15) is 42.9 Å². The summed E-state index contributed by atoms with van der Waals surface area (Å²) >= 11 is 5.94. The van der Waals surface area contributed by atoms with Crippen LogP contribution in [0.25, 0.3) is 0 Å². The van der Waals surface area contributed by atoms with Crippen LogP contribution in [0.5, 0.6) is 0 Å². The number of carbonyl (C=O) groups excluding carboxylic acids is 2. The van der Waals surface area contributed by atoms with Crippen LogP contribution in [0, 0.1) is 6.92 Å². The molecule has 1 heterocycles. The summed E-state index contributed by atoms with van der Waals surface area (Å²) in [7, 11) is 0. The van der Waals surface area contributed by atoms with Crippen LogP contribution >= 0.6 is 11.6 Å². The molecule has 0 radical (unpaired) electrons. The van der Waals surface area contributed by atoms with Crippen molar-refractivity contribution < 1.29 is 14.4 Å². The molecule has 0 N–H and O–H groups in total. The highest BCUT2D eigenvalue weighted by atomic mass is 35.5. The van der Waals surface area contributed by atoms with Gasteiger partial charge in [-0.15, -0.1) is 0 Å². The first-order valence-electron chi connectivity index (χ1n) is 8.94. The zero-order chi connectivity index (χ0) is 19.4. The number of benzene rings is 2. The normalized spacial score (nSPS) is 14.6. The predicted octanol–water partition coefficient (Wildman–Crippen LogP) is 4.63. The number of nitrogens with zero attached hydrogens (tertiary/aromatic N) is 2. The maximum absolute atomic E-state index is 12.9. The number of carbonyl (C=O) groups is 2. The highest BCUT2D eigenvalue weighted by Crippen LogP contribution is 2.32. The van der Waals surface area contributed by atoms with Crippen LogP contribution in [-0.2, 0) is 21.0 Å². The smallest absolute Gasteiger partial charge is 0.317 e. The molecule has 1 aliphatic heterocycles. The van der Waals surface area contributed by atoms with Gasteiger partial charge in [0.1, 0.15) is 0 Å². The highest BCUT2D eigenvalue weighted by Gasteiger charge is 2.35. The lowest BCUT2D eigenvalue weighted by molar-refractivity contribution is -0.143. The van der Waals surface area contributed by atoms with Gasteiger partial charge in [-0.25, -0.2) is 4.79 Å². The molecular weight excluding hydrogens is 364 g/mol. The Bertz CT molecular complexity index is 891. The van der Waals surface area contributed by atoms with Gasteiger partial charge in [-0.05, 0) is 43.2 Å². The van der Waals surface area contributed by atoms with E-state index in [1.54, 1.807) is 17.0 Å². The molecule has 0 saturated carbocycles. The van der Waals surface area contributed by atoms with E-state index in [1.807, 2.05) is 44.2 Å². The summed E-state index contributed by atoms with van der Waals surface area (Å²) in [6.07, 6.45) is 1.91. The summed E-state index contributed by atoms with van der Waals surface area (Å²) in [5.41, 5.74) is 3.54. The molecule has 5 nitrogen and oxygen atoms in total. The van der Waals surface area contributed by atoms with Gasteiger partial charge >= 0.3 is 5.97 Å². The number of amides is 1. The Morgan fingerprint density at radius 1 is 1.19 bits per heavy atom. The van der Waals surface area contributed by atoms with Crippen LogP contribution < -0.4 is 4.90 Å². The van der Waals surface area contributed by atoms with Gasteiger partial charge in [-0.1, -0.05) is 53.9 Å². The number of rotatable bonds is 6. The molecule has 0 atom stereocenters. The molecular formula is C21H21ClN2O3. The Morgan fingerprint density at radius 2 is 1.93 bits per heavy atom. The Balaban J connectivity index is 1.88. The number of unbranched alkanes of at least 4 members (excludes halogenated alkanes) is 1. The topological polar surface area (TPSA) is 59.0 Å². The molecule has 2 aromatic carbocycles. The highest BCUT2D eigenvalue weighted by molar-refractivity contribution is 6.54. The van der Waals surface area contributed by atoms with E-state index in [1.165, 1.54) is 0 Å². The molecule has 3 rings (SSSR count). The minimum Gasteiger partial charge on any atom is -0.317 e. The number of hydrogen-bond donors (Lipinski definition) is 0. The van der Waals surface area contributed by atoms with Gasteiger partial charge < -0.3 is 9.74 Å². The Morgan fingerprint density at radius 3 is 2.63 bits per heavy atom. The Kier molecular flexibility index (Phi) is 5.91. The number of halogens is 1. The monoisotopic (exact) mass is 384 g/mol. The van der Waals surface area contributed by atoms with Gasteiger partial charge in [0.15, 0.2) is 5.71 Å². The van der Waals surface area contributed by atoms with Crippen molar-refractivity contribution in [1.29, 1.82) is 0 Å². The SMILES string of the molecule is CCCCC(=O)O/N=C1/C(=O)N(Cc2ccc(Cl)cc2)c2ccc(C)cc21. The van der Waals surface area contributed by atoms with Gasteiger partial charge in [0.05, 0.1) is 12.2 Å². The van der Waals surface area contributed by atoms with Gasteiger partial charge in [0.2, 0.25) is 0 Å². The van der Waals surface area contributed by atoms with Gasteiger partial charge in [-0.3, -0.25) is 4.79 Å². The van der Waals surface area contributed by atoms with Crippen molar-refractivity contribution in [3.05, 3.63) is 64.2 Å². The number of hydrogen-bond acceptors (Lipinski definition) is 4. The molecule has 0 spiro atoms. The van der Waals surface area contributed by atoms with Crippen LogP contribution in [0.4, 0.5) is 5.69 Å². The van der Waals surface area contributed by atoms with Crippen LogP contribution in [0.2, 0.25) is 5.02 Å². The molecule has 27 heavy (non-hydrogen) atoms. The van der Waals surface area contributed by atoms with Gasteiger partial charge in [0, 0.05) is 17.0 Å². The lowest BCUT2D eigenvalue weighted by atomic mass is 10.1. The lowest BCUT2D eigenvalue weighted by Gasteiger charge is -2.17. The van der Waals surface area contributed by atoms with Crippen molar-refractivity contribution >= 4 is 34.9 Å². The van der Waals surface area contributed by atoms with E-state index in [0.717, 1.165) is 29.7 Å². The van der Waals surface area contributed by atoms with E-state index < -0.39 is 5.97 Å². The first kappa shape index (κ1) is 19.1. The maximum Gasteiger partial charge on any atom is 0.335 e. The number of oxime groups is 1. The first-order chi connectivity index (χ1) is 13.0. The third kappa shape index (κ3) is 4.37. The second-order valence-electron chi connectivity index (χ2n) is 6.55. The Labute approximate surface area is 163 Å². The second kappa shape index (κ2) is 8.35. The average Bonchev–Trinajstić information content (AvgIpc) is 2.91. The molecule has 0 bridgehead atoms. The third-order valence-electron chi connectivity index (χ3n) is 4.37. The molecule has 0 aliphatic carbocycles. The van der Waals surface area contributed by atoms with Crippen molar-refractivity contribution in [2.45, 2.75) is 39.7 Å². The summed E-state index contributed by atoms with van der Waals surface area (Å²) in [6.45, 7) is 4.32. The fraction of sp³-hybridized carbons (Fsp3) is 0.286. The quantitative estimate of drug-likeness (QED) is 0.538. The summed E-state index contributed by atoms with van der Waals surface area (Å²) in [4.78, 5) is 31.4. The molecule has 1 amide bonds. The number of aryl methyl sites for hydroxylation is 1. The Hall–Kier alpha value is -2.66. The molecule has 1 aliphatic rings. The molecule has 140 valence electrons. The van der Waals surface area contributed by atoms with E-state index in [2.05, 4.69) is 5.16 Å². The maximum atomic E-state index is 12.9. The van der Waals surface area contributed by atoms with Crippen molar-refractivity contribution in [2.75, 3.05) is 4.90 Å². The van der Waals surface area contributed by atoms with Crippen LogP contribution in [0.3, 0.4) is 0 Å². The van der Waals surface area contributed by atoms with Crippen LogP contribution in [0.15, 0.2) is 47.6 Å². The van der Waals surface area contributed by atoms with Crippen molar-refractivity contribution in [3.63, 3.8) is 0 Å². The summed E-state index contributed by atoms with van der Waals surface area (Å²) < 4.78 is 0. The number of fused-ring (bicyclic) bond motifs is 1. The van der Waals surface area contributed by atoms with Crippen molar-refractivity contribution in [1.82, 2.24) is 0 Å². The van der Waals surface area contributed by atoms with E-state index in [-0.39, 0.29) is 18.0 Å². The zero-order valence-corrected chi connectivity index (χ0v) is 16.1. The lowest BCUT2D eigenvalue weighted by Crippen LogP contribution is -2.29. The van der Waals surface area contributed by atoms with Crippen LogP contribution in [-0.4, -0.2) is 17.6 Å². The molecule has 0 aromatic heterocycles. The second-order valence-corrected chi connectivity index (χ2v) is 6.98. The molecule has 2 aromatic rings. The van der Waals surface area contributed by atoms with E-state index in [0.29, 0.717) is 17.1 Å². The van der Waals surface area contributed by atoms with Gasteiger partial charge in [0.25, 0.3) is 5.91 Å². The van der Waals surface area contributed by atoms with E-state index >= 15 is 0 Å². The molecule has 0 unspecified atom stereocenters. The average molecular weight is 385 g/mol. The van der Waals surface area contributed by atoms with E-state index in [9.17, 15) is 9.59 Å². The standard InChI is InChI=1S/C21H21ClN2O3/c1-3-4-5-19(25)27-23-20-17-12-14(2)6-11-18(17)24(21(20)26)13-15-7-9-16(22)10-8-15/h6-12H,3-5,13H2,1-2H3/b23-20+. The number of anilines is 1. The largest absolute Gasteiger partial charge is 0.335 e. The summed E-state index contributed by atoms with van der Waals surface area (Å²) in [5.74, 6) is -0.712. The molecule has 0 fully saturated rings. The fourth-order valence-corrected chi connectivity index (χ4v) is 3.03. The zero-order valence-electron chi connectivity index (χ0n) is 15.4. The summed E-state index contributed by atoms with van der Waals surface area (Å²) in [6, 6.07) is 13.0. The predicted molar refractivity (Wildman–Crippen MR) is 106 cm³/mol. The van der Waals surface area contributed by atoms with Crippen molar-refractivity contribution in [2.24, 2.45) is 5.16 Å².